The van der Waals surface area contributed by atoms with Gasteiger partial charge in [-0.2, -0.15) is 9.29 Å². The lowest BCUT2D eigenvalue weighted by Crippen LogP contribution is -2.48. The van der Waals surface area contributed by atoms with Crippen LogP contribution in [0.1, 0.15) is 32.2 Å². The van der Waals surface area contributed by atoms with Crippen LogP contribution in [0.15, 0.2) is 57.9 Å². The van der Waals surface area contributed by atoms with Gasteiger partial charge in [0.15, 0.2) is 5.82 Å². The van der Waals surface area contributed by atoms with E-state index in [2.05, 4.69) is 35.8 Å². The topological polar surface area (TPSA) is 79.5 Å². The van der Waals surface area contributed by atoms with E-state index in [0.717, 1.165) is 5.56 Å². The highest BCUT2D eigenvalue weighted by Gasteiger charge is 2.29. The molecular weight excluding hydrogens is 431 g/mol. The van der Waals surface area contributed by atoms with Crippen LogP contribution in [0.4, 0.5) is 4.39 Å². The minimum Gasteiger partial charge on any atom is -0.334 e. The second kappa shape index (κ2) is 8.73. The molecule has 1 aliphatic rings. The molecule has 0 aliphatic carbocycles. The lowest BCUT2D eigenvalue weighted by molar-refractivity contribution is 0.176. The SMILES string of the molecule is CC(C)(C)c1ccc(S(=O)(=O)N2CCN(Cc3noc(-c4ccc(F)cc4)n3)CC2)cc1. The second-order valence-electron chi connectivity index (χ2n) is 8.98. The highest BCUT2D eigenvalue weighted by atomic mass is 32.2. The molecule has 0 bridgehead atoms. The molecule has 0 atom stereocenters. The van der Waals surface area contributed by atoms with Crippen LogP contribution >= 0.6 is 0 Å². The van der Waals surface area contributed by atoms with E-state index in [1.165, 1.54) is 16.4 Å². The molecule has 0 radical (unpaired) electrons. The Labute approximate surface area is 187 Å². The number of halogens is 1. The summed E-state index contributed by atoms with van der Waals surface area (Å²) in [5.74, 6) is 0.518. The van der Waals surface area contributed by atoms with E-state index >= 15 is 0 Å². The van der Waals surface area contributed by atoms with E-state index in [9.17, 15) is 12.8 Å². The van der Waals surface area contributed by atoms with Crippen molar-refractivity contribution in [2.24, 2.45) is 0 Å². The number of hydrogen-bond acceptors (Lipinski definition) is 6. The first-order valence-corrected chi connectivity index (χ1v) is 12.0. The first-order chi connectivity index (χ1) is 15.1. The quantitative estimate of drug-likeness (QED) is 0.580. The minimum absolute atomic E-state index is 0.0281. The molecule has 1 saturated heterocycles. The fourth-order valence-corrected chi connectivity index (χ4v) is 5.05. The van der Waals surface area contributed by atoms with Crippen molar-refractivity contribution in [2.75, 3.05) is 26.2 Å². The zero-order chi connectivity index (χ0) is 22.9. The average molecular weight is 459 g/mol. The number of rotatable bonds is 5. The maximum Gasteiger partial charge on any atom is 0.257 e. The van der Waals surface area contributed by atoms with Gasteiger partial charge in [0, 0.05) is 31.7 Å². The lowest BCUT2D eigenvalue weighted by atomic mass is 9.87. The van der Waals surface area contributed by atoms with Gasteiger partial charge in [-0.15, -0.1) is 0 Å². The molecule has 0 amide bonds. The van der Waals surface area contributed by atoms with E-state index in [4.69, 9.17) is 4.52 Å². The molecule has 4 rings (SSSR count). The van der Waals surface area contributed by atoms with Crippen LogP contribution in [-0.2, 0) is 22.0 Å². The van der Waals surface area contributed by atoms with Gasteiger partial charge in [0.25, 0.3) is 5.89 Å². The van der Waals surface area contributed by atoms with Crippen molar-refractivity contribution in [1.29, 1.82) is 0 Å². The monoisotopic (exact) mass is 458 g/mol. The van der Waals surface area contributed by atoms with Gasteiger partial charge >= 0.3 is 0 Å². The summed E-state index contributed by atoms with van der Waals surface area (Å²) in [5, 5.41) is 4.00. The molecule has 0 spiro atoms. The third-order valence-electron chi connectivity index (χ3n) is 5.61. The van der Waals surface area contributed by atoms with Crippen LogP contribution < -0.4 is 0 Å². The average Bonchev–Trinajstić information content (AvgIpc) is 3.22. The Bertz CT molecular complexity index is 1160. The predicted octanol–water partition coefficient (Wildman–Crippen LogP) is 3.68. The van der Waals surface area contributed by atoms with Gasteiger partial charge < -0.3 is 4.52 Å². The Hall–Kier alpha value is -2.62. The summed E-state index contributed by atoms with van der Waals surface area (Å²) in [6, 6.07) is 13.0. The summed E-state index contributed by atoms with van der Waals surface area (Å²) in [6.45, 7) is 8.68. The first-order valence-electron chi connectivity index (χ1n) is 10.5. The number of hydrogen-bond donors (Lipinski definition) is 0. The molecule has 1 aliphatic heterocycles. The molecule has 0 saturated carbocycles. The molecule has 170 valence electrons. The fourth-order valence-electron chi connectivity index (χ4n) is 3.63. The Morgan fingerprint density at radius 1 is 0.969 bits per heavy atom. The van der Waals surface area contributed by atoms with Gasteiger partial charge in [0.1, 0.15) is 5.82 Å². The Morgan fingerprint density at radius 2 is 1.59 bits per heavy atom. The number of piperazine rings is 1. The van der Waals surface area contributed by atoms with Crippen molar-refractivity contribution in [3.05, 3.63) is 65.7 Å². The number of aromatic nitrogens is 2. The van der Waals surface area contributed by atoms with Gasteiger partial charge in [0.2, 0.25) is 10.0 Å². The molecule has 1 aromatic heterocycles. The lowest BCUT2D eigenvalue weighted by Gasteiger charge is -2.33. The van der Waals surface area contributed by atoms with Crippen LogP contribution in [0.2, 0.25) is 0 Å². The smallest absolute Gasteiger partial charge is 0.257 e. The van der Waals surface area contributed by atoms with Crippen molar-refractivity contribution in [1.82, 2.24) is 19.3 Å². The van der Waals surface area contributed by atoms with Gasteiger partial charge in [-0.05, 0) is 47.4 Å². The standard InChI is InChI=1S/C23H27FN4O3S/c1-23(2,3)18-6-10-20(11-7-18)32(29,30)28-14-12-27(13-15-28)16-21-25-22(31-26-21)17-4-8-19(24)9-5-17/h4-11H,12-16H2,1-3H3. The summed E-state index contributed by atoms with van der Waals surface area (Å²) in [4.78, 5) is 6.79. The molecule has 1 fully saturated rings. The Balaban J connectivity index is 1.36. The third-order valence-corrected chi connectivity index (χ3v) is 7.53. The molecule has 2 heterocycles. The van der Waals surface area contributed by atoms with Crippen molar-refractivity contribution >= 4 is 10.0 Å². The summed E-state index contributed by atoms with van der Waals surface area (Å²) in [6.07, 6.45) is 0. The molecule has 2 aromatic carbocycles. The van der Waals surface area contributed by atoms with Crippen LogP contribution in [0, 0.1) is 5.82 Å². The molecular formula is C23H27FN4O3S. The molecule has 9 heteroatoms. The molecule has 3 aromatic rings. The van der Waals surface area contributed by atoms with Crippen molar-refractivity contribution in [2.45, 2.75) is 37.6 Å². The number of nitrogens with zero attached hydrogens (tertiary/aromatic N) is 4. The first kappa shape index (κ1) is 22.6. The predicted molar refractivity (Wildman–Crippen MR) is 119 cm³/mol. The summed E-state index contributed by atoms with van der Waals surface area (Å²) in [5.41, 5.74) is 1.72. The van der Waals surface area contributed by atoms with E-state index < -0.39 is 10.0 Å². The zero-order valence-electron chi connectivity index (χ0n) is 18.5. The maximum absolute atomic E-state index is 13.1. The van der Waals surface area contributed by atoms with Crippen LogP contribution in [0.3, 0.4) is 0 Å². The second-order valence-corrected chi connectivity index (χ2v) is 10.9. The van der Waals surface area contributed by atoms with Crippen LogP contribution in [0.5, 0.6) is 0 Å². The van der Waals surface area contributed by atoms with Gasteiger partial charge in [-0.25, -0.2) is 12.8 Å². The Morgan fingerprint density at radius 3 is 2.19 bits per heavy atom. The van der Waals surface area contributed by atoms with E-state index in [1.807, 2.05) is 12.1 Å². The van der Waals surface area contributed by atoms with Gasteiger partial charge in [0.05, 0.1) is 11.4 Å². The fraction of sp³-hybridized carbons (Fsp3) is 0.391. The Kier molecular flexibility index (Phi) is 6.15. The summed E-state index contributed by atoms with van der Waals surface area (Å²) < 4.78 is 46.0. The van der Waals surface area contributed by atoms with Crippen LogP contribution in [0.25, 0.3) is 11.5 Å². The van der Waals surface area contributed by atoms with Crippen molar-refractivity contribution in [3.63, 3.8) is 0 Å². The molecule has 32 heavy (non-hydrogen) atoms. The molecule has 0 unspecified atom stereocenters. The summed E-state index contributed by atoms with van der Waals surface area (Å²) in [7, 11) is -3.53. The highest BCUT2D eigenvalue weighted by molar-refractivity contribution is 7.89. The minimum atomic E-state index is -3.53. The van der Waals surface area contributed by atoms with E-state index in [-0.39, 0.29) is 11.2 Å². The number of sulfonamides is 1. The van der Waals surface area contributed by atoms with Crippen molar-refractivity contribution < 1.29 is 17.3 Å². The third kappa shape index (κ3) is 4.90. The van der Waals surface area contributed by atoms with E-state index in [0.29, 0.717) is 54.9 Å². The van der Waals surface area contributed by atoms with Crippen LogP contribution in [-0.4, -0.2) is 53.9 Å². The van der Waals surface area contributed by atoms with Gasteiger partial charge in [-0.3, -0.25) is 4.90 Å². The molecule has 0 N–H and O–H groups in total. The van der Waals surface area contributed by atoms with E-state index in [1.54, 1.807) is 24.3 Å². The van der Waals surface area contributed by atoms with Crippen molar-refractivity contribution in [3.8, 4) is 11.5 Å². The normalized spacial score (nSPS) is 16.4. The molecule has 7 nitrogen and oxygen atoms in total. The summed E-state index contributed by atoms with van der Waals surface area (Å²) >= 11 is 0. The zero-order valence-corrected chi connectivity index (χ0v) is 19.3. The maximum atomic E-state index is 13.1. The number of benzene rings is 2. The largest absolute Gasteiger partial charge is 0.334 e. The van der Waals surface area contributed by atoms with Gasteiger partial charge in [-0.1, -0.05) is 38.1 Å². The highest BCUT2D eigenvalue weighted by Crippen LogP contribution is 2.25.